The van der Waals surface area contributed by atoms with Gasteiger partial charge >= 0.3 is 17.9 Å². The van der Waals surface area contributed by atoms with Gasteiger partial charge in [0.25, 0.3) is 5.91 Å². The molecule has 0 fully saturated rings. The Balaban J connectivity index is 1.99. The molecule has 2 aromatic rings. The van der Waals surface area contributed by atoms with E-state index in [2.05, 4.69) is 10.4 Å². The van der Waals surface area contributed by atoms with Crippen molar-refractivity contribution >= 4 is 35.4 Å². The highest BCUT2D eigenvalue weighted by Crippen LogP contribution is 2.37. The summed E-state index contributed by atoms with van der Waals surface area (Å²) in [5, 5.41) is 7.70. The fourth-order valence-electron chi connectivity index (χ4n) is 3.39. The quantitative estimate of drug-likeness (QED) is 0.616. The molecule has 190 valence electrons. The predicted molar refractivity (Wildman–Crippen MR) is 126 cm³/mol. The van der Waals surface area contributed by atoms with Crippen LogP contribution in [-0.2, 0) is 29.6 Å². The number of fused-ring (bicyclic) bond motifs is 1. The highest BCUT2D eigenvalue weighted by Gasteiger charge is 2.39. The number of aromatic nitrogens is 4. The molecule has 0 aliphatic carbocycles. The Kier molecular flexibility index (Phi) is 6.98. The van der Waals surface area contributed by atoms with Crippen LogP contribution in [0.3, 0.4) is 0 Å². The molecule has 0 spiro atoms. The number of aryl methyl sites for hydroxylation is 1. The van der Waals surface area contributed by atoms with Crippen molar-refractivity contribution < 1.29 is 23.9 Å². The third kappa shape index (κ3) is 5.81. The smallest absolute Gasteiger partial charge is 0.424 e. The Morgan fingerprint density at radius 2 is 1.57 bits per heavy atom. The number of carbonyl (C=O) groups is 3. The van der Waals surface area contributed by atoms with Crippen LogP contribution in [0.1, 0.15) is 57.5 Å². The van der Waals surface area contributed by atoms with Crippen LogP contribution in [0.5, 0.6) is 0 Å². The number of imide groups is 1. The zero-order valence-corrected chi connectivity index (χ0v) is 21.5. The predicted octanol–water partition coefficient (Wildman–Crippen LogP) is 2.96. The van der Waals surface area contributed by atoms with Gasteiger partial charge in [0.15, 0.2) is 0 Å². The molecule has 3 rings (SSSR count). The van der Waals surface area contributed by atoms with Gasteiger partial charge in [-0.05, 0) is 64.1 Å². The number of amides is 3. The molecule has 2 heterocycles. The van der Waals surface area contributed by atoms with E-state index in [0.29, 0.717) is 15.5 Å². The normalized spacial score (nSPS) is 13.6. The molecule has 0 bridgehead atoms. The minimum Gasteiger partial charge on any atom is -0.443 e. The minimum absolute atomic E-state index is 0.00271. The molecule has 35 heavy (non-hydrogen) atoms. The summed E-state index contributed by atoms with van der Waals surface area (Å²) in [5.74, 6) is -0.466. The number of anilines is 1. The first-order chi connectivity index (χ1) is 16.1. The topological polar surface area (TPSA) is 129 Å². The van der Waals surface area contributed by atoms with Crippen LogP contribution in [0.2, 0.25) is 5.02 Å². The summed E-state index contributed by atoms with van der Waals surface area (Å²) in [6, 6.07) is 2.91. The molecule has 1 aliphatic heterocycles. The molecule has 0 saturated heterocycles. The van der Waals surface area contributed by atoms with Crippen LogP contribution in [-0.4, -0.2) is 60.5 Å². The lowest BCUT2D eigenvalue weighted by molar-refractivity contribution is 0.0430. The maximum Gasteiger partial charge on any atom is 0.424 e. The molecule has 0 N–H and O–H groups in total. The molecule has 3 amide bonds. The second-order valence-corrected chi connectivity index (χ2v) is 10.5. The molecule has 1 aliphatic rings. The molecule has 0 atom stereocenters. The fraction of sp³-hybridized carbons (Fsp3) is 0.545. The summed E-state index contributed by atoms with van der Waals surface area (Å²) in [6.45, 7) is 10.3. The summed E-state index contributed by atoms with van der Waals surface area (Å²) in [7, 11) is 1.47. The van der Waals surface area contributed by atoms with Crippen molar-refractivity contribution in [1.82, 2.24) is 24.7 Å². The van der Waals surface area contributed by atoms with Gasteiger partial charge in [0.1, 0.15) is 11.2 Å². The lowest BCUT2D eigenvalue weighted by Gasteiger charge is -2.29. The number of hydrogen-bond donors (Lipinski definition) is 0. The zero-order valence-electron chi connectivity index (χ0n) is 20.8. The highest BCUT2D eigenvalue weighted by atomic mass is 35.5. The molecule has 12 nitrogen and oxygen atoms in total. The fourth-order valence-corrected chi connectivity index (χ4v) is 3.60. The monoisotopic (exact) mass is 508 g/mol. The van der Waals surface area contributed by atoms with Crippen LogP contribution in [0, 0.1) is 0 Å². The van der Waals surface area contributed by atoms with E-state index in [1.165, 1.54) is 24.1 Å². The Hall–Kier alpha value is -3.41. The van der Waals surface area contributed by atoms with Crippen LogP contribution in [0.25, 0.3) is 0 Å². The Morgan fingerprint density at radius 3 is 2.06 bits per heavy atom. The average molecular weight is 509 g/mol. The Morgan fingerprint density at radius 1 is 1.00 bits per heavy atom. The molecule has 0 unspecified atom stereocenters. The lowest BCUT2D eigenvalue weighted by atomic mass is 10.1. The van der Waals surface area contributed by atoms with Gasteiger partial charge in [0, 0.05) is 30.7 Å². The van der Waals surface area contributed by atoms with Crippen molar-refractivity contribution in [2.24, 2.45) is 7.05 Å². The largest absolute Gasteiger partial charge is 0.443 e. The maximum absolute atomic E-state index is 13.4. The summed E-state index contributed by atoms with van der Waals surface area (Å²) in [6.07, 6.45) is -1.98. The number of rotatable bonds is 4. The first-order valence-corrected chi connectivity index (χ1v) is 11.3. The van der Waals surface area contributed by atoms with E-state index in [4.69, 9.17) is 21.1 Å². The van der Waals surface area contributed by atoms with E-state index in [0.717, 1.165) is 9.36 Å². The number of benzene rings is 1. The van der Waals surface area contributed by atoms with E-state index in [1.807, 2.05) is 0 Å². The van der Waals surface area contributed by atoms with E-state index >= 15 is 0 Å². The van der Waals surface area contributed by atoms with Gasteiger partial charge in [-0.2, -0.15) is 14.3 Å². The van der Waals surface area contributed by atoms with Crippen molar-refractivity contribution in [3.8, 4) is 0 Å². The van der Waals surface area contributed by atoms with Crippen molar-refractivity contribution in [3.63, 3.8) is 0 Å². The lowest BCUT2D eigenvalue weighted by Crippen LogP contribution is -2.44. The van der Waals surface area contributed by atoms with Gasteiger partial charge in [-0.15, -0.1) is 0 Å². The average Bonchev–Trinajstić information content (AvgIpc) is 3.20. The Labute approximate surface area is 207 Å². The Bertz CT molecular complexity index is 1190. The standard InChI is InChI=1S/C22H29ClN6O6/c1-21(2,3)34-19(32)29(20(33)35-22(4,5)6)15-9-8-14(23)13-12-27(17(30)16(13)15)10-11-28-18(31)26(7)24-25-28/h8-9H,10-12H2,1-7H3. The van der Waals surface area contributed by atoms with Crippen LogP contribution >= 0.6 is 11.6 Å². The van der Waals surface area contributed by atoms with Crippen molar-refractivity contribution in [1.29, 1.82) is 0 Å². The van der Waals surface area contributed by atoms with Crippen molar-refractivity contribution in [2.45, 2.75) is 65.8 Å². The third-order valence-corrected chi connectivity index (χ3v) is 5.19. The molecule has 1 aromatic carbocycles. The number of hydrogen-bond acceptors (Lipinski definition) is 8. The summed E-state index contributed by atoms with van der Waals surface area (Å²) in [5.41, 5.74) is -1.72. The third-order valence-electron chi connectivity index (χ3n) is 4.84. The maximum atomic E-state index is 13.4. The summed E-state index contributed by atoms with van der Waals surface area (Å²) < 4.78 is 13.1. The number of carbonyl (C=O) groups excluding carboxylic acids is 3. The van der Waals surface area contributed by atoms with E-state index in [9.17, 15) is 19.2 Å². The van der Waals surface area contributed by atoms with Gasteiger partial charge < -0.3 is 14.4 Å². The van der Waals surface area contributed by atoms with Gasteiger partial charge in [-0.1, -0.05) is 11.6 Å². The number of tetrazole rings is 1. The summed E-state index contributed by atoms with van der Waals surface area (Å²) in [4.78, 5) is 53.8. The highest BCUT2D eigenvalue weighted by molar-refractivity contribution is 6.32. The molecule has 0 radical (unpaired) electrons. The van der Waals surface area contributed by atoms with Crippen LogP contribution in [0.15, 0.2) is 16.9 Å². The van der Waals surface area contributed by atoms with Gasteiger partial charge in [0.2, 0.25) is 0 Å². The van der Waals surface area contributed by atoms with Crippen molar-refractivity contribution in [3.05, 3.63) is 38.8 Å². The van der Waals surface area contributed by atoms with Gasteiger partial charge in [-0.25, -0.2) is 14.4 Å². The SMILES string of the molecule is Cn1nnn(CCN2Cc3c(Cl)ccc(N(C(=O)OC(C)(C)C)C(=O)OC(C)(C)C)c3C2=O)c1=O. The molecule has 0 saturated carbocycles. The second-order valence-electron chi connectivity index (χ2n) is 10.1. The van der Waals surface area contributed by atoms with Crippen molar-refractivity contribution in [2.75, 3.05) is 11.4 Å². The molecule has 1 aromatic heterocycles. The first-order valence-electron chi connectivity index (χ1n) is 10.9. The minimum atomic E-state index is -0.992. The van der Waals surface area contributed by atoms with Gasteiger partial charge in [0.05, 0.1) is 17.8 Å². The number of ether oxygens (including phenoxy) is 2. The van der Waals surface area contributed by atoms with E-state index in [1.54, 1.807) is 41.5 Å². The number of nitrogens with zero attached hydrogens (tertiary/aromatic N) is 6. The number of halogens is 1. The first kappa shape index (κ1) is 26.2. The van der Waals surface area contributed by atoms with Crippen LogP contribution < -0.4 is 10.6 Å². The van der Waals surface area contributed by atoms with Gasteiger partial charge in [-0.3, -0.25) is 4.79 Å². The molecule has 13 heteroatoms. The second kappa shape index (κ2) is 9.33. The summed E-state index contributed by atoms with van der Waals surface area (Å²) >= 11 is 6.38. The van der Waals surface area contributed by atoms with E-state index in [-0.39, 0.29) is 30.9 Å². The molecular formula is C22H29ClN6O6. The van der Waals surface area contributed by atoms with Crippen LogP contribution in [0.4, 0.5) is 15.3 Å². The molecular weight excluding hydrogens is 480 g/mol. The zero-order chi connectivity index (χ0) is 26.3. The van der Waals surface area contributed by atoms with E-state index < -0.39 is 35.0 Å².